The van der Waals surface area contributed by atoms with E-state index in [4.69, 9.17) is 0 Å². The minimum Gasteiger partial charge on any atom is -0.353 e. The van der Waals surface area contributed by atoms with E-state index >= 15 is 0 Å². The lowest BCUT2D eigenvalue weighted by molar-refractivity contribution is -0.135. The van der Waals surface area contributed by atoms with E-state index in [1.54, 1.807) is 0 Å². The van der Waals surface area contributed by atoms with E-state index in [9.17, 15) is 9.59 Å². The van der Waals surface area contributed by atoms with Crippen LogP contribution in [0.5, 0.6) is 0 Å². The lowest BCUT2D eigenvalue weighted by atomic mass is 9.95. The fraction of sp³-hybridized carbons (Fsp3) is 0.636. The van der Waals surface area contributed by atoms with Crippen LogP contribution in [-0.2, 0) is 16.1 Å². The second kappa shape index (κ2) is 9.36. The summed E-state index contributed by atoms with van der Waals surface area (Å²) in [5.41, 5.74) is 1.31. The highest BCUT2D eigenvalue weighted by Crippen LogP contribution is 2.20. The van der Waals surface area contributed by atoms with Gasteiger partial charge in [-0.15, -0.1) is 0 Å². The maximum Gasteiger partial charge on any atom is 0.225 e. The Kier molecular flexibility index (Phi) is 6.89. The van der Waals surface area contributed by atoms with E-state index < -0.39 is 0 Å². The van der Waals surface area contributed by atoms with E-state index in [-0.39, 0.29) is 29.7 Å². The Morgan fingerprint density at radius 1 is 1.07 bits per heavy atom. The van der Waals surface area contributed by atoms with Crippen molar-refractivity contribution < 1.29 is 9.59 Å². The Morgan fingerprint density at radius 2 is 1.78 bits per heavy atom. The Balaban J connectivity index is 1.45. The maximum absolute atomic E-state index is 12.8. The zero-order valence-electron chi connectivity index (χ0n) is 16.7. The highest BCUT2D eigenvalue weighted by molar-refractivity contribution is 5.80. The first-order chi connectivity index (χ1) is 13.0. The summed E-state index contributed by atoms with van der Waals surface area (Å²) in [5.74, 6) is 0.553. The predicted molar refractivity (Wildman–Crippen MR) is 107 cm³/mol. The monoisotopic (exact) mass is 371 g/mol. The van der Waals surface area contributed by atoms with E-state index in [1.165, 1.54) is 5.56 Å². The molecule has 27 heavy (non-hydrogen) atoms. The molecule has 0 radical (unpaired) electrons. The lowest BCUT2D eigenvalue weighted by Crippen LogP contribution is -2.50. The van der Waals surface area contributed by atoms with Crippen LogP contribution < -0.4 is 5.32 Å². The minimum absolute atomic E-state index is 0.0500. The van der Waals surface area contributed by atoms with Crippen LogP contribution >= 0.6 is 0 Å². The minimum atomic E-state index is 0.0500. The summed E-state index contributed by atoms with van der Waals surface area (Å²) in [4.78, 5) is 29.2. The van der Waals surface area contributed by atoms with Gasteiger partial charge >= 0.3 is 0 Å². The average molecular weight is 372 g/mol. The molecule has 2 saturated heterocycles. The molecule has 0 bridgehead atoms. The molecule has 2 aliphatic heterocycles. The third-order valence-electron chi connectivity index (χ3n) is 5.77. The summed E-state index contributed by atoms with van der Waals surface area (Å²) in [6, 6.07) is 10.7. The summed E-state index contributed by atoms with van der Waals surface area (Å²) in [7, 11) is 0. The second-order valence-electron chi connectivity index (χ2n) is 8.32. The lowest BCUT2D eigenvalue weighted by Gasteiger charge is -2.36. The second-order valence-corrected chi connectivity index (χ2v) is 8.32. The molecule has 148 valence electrons. The maximum atomic E-state index is 12.8. The molecule has 1 unspecified atom stereocenters. The van der Waals surface area contributed by atoms with Gasteiger partial charge in [0.25, 0.3) is 0 Å². The highest BCUT2D eigenvalue weighted by Gasteiger charge is 2.29. The molecule has 5 heteroatoms. The molecule has 0 aliphatic carbocycles. The molecule has 3 rings (SSSR count). The van der Waals surface area contributed by atoms with Crippen molar-refractivity contribution in [1.29, 1.82) is 0 Å². The van der Waals surface area contributed by atoms with Gasteiger partial charge in [-0.25, -0.2) is 0 Å². The average Bonchev–Trinajstić information content (AvgIpc) is 2.69. The molecule has 1 aromatic rings. The van der Waals surface area contributed by atoms with Gasteiger partial charge in [0.05, 0.1) is 5.92 Å². The zero-order valence-corrected chi connectivity index (χ0v) is 16.7. The molecule has 0 saturated carbocycles. The summed E-state index contributed by atoms with van der Waals surface area (Å²) >= 11 is 0. The number of amides is 2. The summed E-state index contributed by atoms with van der Waals surface area (Å²) in [6.07, 6.45) is 3.78. The number of hydrogen-bond acceptors (Lipinski definition) is 3. The van der Waals surface area contributed by atoms with Crippen LogP contribution in [0.25, 0.3) is 0 Å². The first-order valence-corrected chi connectivity index (χ1v) is 10.4. The van der Waals surface area contributed by atoms with Crippen LogP contribution in [0.4, 0.5) is 0 Å². The molecule has 2 aliphatic rings. The number of benzene rings is 1. The number of nitrogens with zero attached hydrogens (tertiary/aromatic N) is 2. The molecular weight excluding hydrogens is 338 g/mol. The molecule has 1 atom stereocenters. The van der Waals surface area contributed by atoms with Gasteiger partial charge in [-0.2, -0.15) is 0 Å². The fourth-order valence-electron chi connectivity index (χ4n) is 4.18. The molecular formula is C22H33N3O2. The quantitative estimate of drug-likeness (QED) is 0.866. The molecule has 2 amide bonds. The fourth-order valence-corrected chi connectivity index (χ4v) is 4.18. The molecule has 0 spiro atoms. The van der Waals surface area contributed by atoms with Crippen molar-refractivity contribution in [3.63, 3.8) is 0 Å². The molecule has 1 N–H and O–H groups in total. The topological polar surface area (TPSA) is 52.7 Å². The van der Waals surface area contributed by atoms with Gasteiger partial charge < -0.3 is 10.2 Å². The van der Waals surface area contributed by atoms with Crippen molar-refractivity contribution in [2.75, 3.05) is 26.2 Å². The van der Waals surface area contributed by atoms with Crippen molar-refractivity contribution in [2.24, 2.45) is 11.8 Å². The third kappa shape index (κ3) is 5.55. The van der Waals surface area contributed by atoms with Crippen molar-refractivity contribution in [1.82, 2.24) is 15.1 Å². The van der Waals surface area contributed by atoms with E-state index in [0.29, 0.717) is 0 Å². The van der Waals surface area contributed by atoms with Gasteiger partial charge in [0.2, 0.25) is 11.8 Å². The molecule has 1 aromatic carbocycles. The van der Waals surface area contributed by atoms with Crippen molar-refractivity contribution in [2.45, 2.75) is 52.1 Å². The van der Waals surface area contributed by atoms with Crippen molar-refractivity contribution in [3.05, 3.63) is 35.9 Å². The summed E-state index contributed by atoms with van der Waals surface area (Å²) < 4.78 is 0. The van der Waals surface area contributed by atoms with Crippen molar-refractivity contribution >= 4 is 11.8 Å². The normalized spacial score (nSPS) is 22.0. The predicted octanol–water partition coefficient (Wildman–Crippen LogP) is 2.66. The Morgan fingerprint density at radius 3 is 2.44 bits per heavy atom. The van der Waals surface area contributed by atoms with Gasteiger partial charge in [-0.05, 0) is 37.8 Å². The van der Waals surface area contributed by atoms with Crippen LogP contribution in [0.3, 0.4) is 0 Å². The van der Waals surface area contributed by atoms with E-state index in [2.05, 4.69) is 34.5 Å². The first kappa shape index (κ1) is 19.9. The zero-order chi connectivity index (χ0) is 19.2. The van der Waals surface area contributed by atoms with Crippen LogP contribution in [0.2, 0.25) is 0 Å². The van der Waals surface area contributed by atoms with E-state index in [0.717, 1.165) is 58.4 Å². The summed E-state index contributed by atoms with van der Waals surface area (Å²) in [6.45, 7) is 8.22. The number of nitrogens with one attached hydrogen (secondary N) is 1. The molecule has 0 aromatic heterocycles. The molecule has 2 fully saturated rings. The number of hydrogen-bond donors (Lipinski definition) is 1. The Bertz CT molecular complexity index is 624. The van der Waals surface area contributed by atoms with Gasteiger partial charge in [-0.1, -0.05) is 44.2 Å². The van der Waals surface area contributed by atoms with Crippen molar-refractivity contribution in [3.8, 4) is 0 Å². The first-order valence-electron chi connectivity index (χ1n) is 10.4. The number of carbonyl (C=O) groups is 2. The number of likely N-dealkylation sites (tertiary alicyclic amines) is 2. The van der Waals surface area contributed by atoms with Gasteiger partial charge in [0.15, 0.2) is 0 Å². The number of piperidine rings is 2. The summed E-state index contributed by atoms with van der Waals surface area (Å²) in [5, 5.41) is 3.26. The SMILES string of the molecule is CC(C)C(=O)N1CCC(NC(=O)C2CCCN(Cc3ccccc3)C2)CC1. The Labute approximate surface area is 163 Å². The van der Waals surface area contributed by atoms with Gasteiger partial charge in [0, 0.05) is 38.1 Å². The van der Waals surface area contributed by atoms with E-state index in [1.807, 2.05) is 24.8 Å². The molecule has 2 heterocycles. The van der Waals surface area contributed by atoms with Crippen LogP contribution in [0.15, 0.2) is 30.3 Å². The van der Waals surface area contributed by atoms with Gasteiger partial charge in [-0.3, -0.25) is 14.5 Å². The van der Waals surface area contributed by atoms with Crippen LogP contribution in [0, 0.1) is 11.8 Å². The standard InChI is InChI=1S/C22H33N3O2/c1-17(2)22(27)25-13-10-20(11-14-25)23-21(26)19-9-6-12-24(16-19)15-18-7-4-3-5-8-18/h3-5,7-8,17,19-20H,6,9-16H2,1-2H3,(H,23,26). The third-order valence-corrected chi connectivity index (χ3v) is 5.77. The van der Waals surface area contributed by atoms with Gasteiger partial charge in [0.1, 0.15) is 0 Å². The van der Waals surface area contributed by atoms with Crippen LogP contribution in [0.1, 0.15) is 45.1 Å². The molecule has 5 nitrogen and oxygen atoms in total. The Hall–Kier alpha value is -1.88. The highest BCUT2D eigenvalue weighted by atomic mass is 16.2. The van der Waals surface area contributed by atoms with Crippen LogP contribution in [-0.4, -0.2) is 53.8 Å². The number of carbonyl (C=O) groups excluding carboxylic acids is 2. The largest absolute Gasteiger partial charge is 0.353 e. The number of rotatable bonds is 5. The smallest absolute Gasteiger partial charge is 0.225 e.